The Morgan fingerprint density at radius 2 is 1.95 bits per heavy atom. The van der Waals surface area contributed by atoms with Crippen molar-refractivity contribution in [1.82, 2.24) is 9.97 Å². The summed E-state index contributed by atoms with van der Waals surface area (Å²) in [7, 11) is 0. The van der Waals surface area contributed by atoms with Crippen LogP contribution in [0.4, 0.5) is 5.69 Å². The van der Waals surface area contributed by atoms with Gasteiger partial charge in [0.05, 0.1) is 17.9 Å². The van der Waals surface area contributed by atoms with E-state index in [1.165, 1.54) is 0 Å². The molecule has 0 bridgehead atoms. The van der Waals surface area contributed by atoms with Crippen molar-refractivity contribution in [3.05, 3.63) is 63.7 Å². The van der Waals surface area contributed by atoms with E-state index in [4.69, 9.17) is 0 Å². The summed E-state index contributed by atoms with van der Waals surface area (Å²) in [5.74, 6) is 0. The number of nitrogens with one attached hydrogen (secondary N) is 1. The molecule has 1 N–H and O–H groups in total. The summed E-state index contributed by atoms with van der Waals surface area (Å²) in [6, 6.07) is 14.1. The third-order valence-corrected chi connectivity index (χ3v) is 4.29. The molecule has 2 heterocycles. The Morgan fingerprint density at radius 3 is 2.75 bits per heavy atom. The summed E-state index contributed by atoms with van der Waals surface area (Å²) in [5.41, 5.74) is 3.15. The van der Waals surface area contributed by atoms with Crippen LogP contribution < -0.4 is 5.32 Å². The van der Waals surface area contributed by atoms with Gasteiger partial charge in [-0.3, -0.25) is 0 Å². The Hall–Kier alpha value is -1.72. The van der Waals surface area contributed by atoms with Crippen molar-refractivity contribution in [3.63, 3.8) is 0 Å². The molecule has 0 aliphatic carbocycles. The molecule has 100 valence electrons. The Labute approximate surface area is 129 Å². The maximum absolute atomic E-state index is 4.65. The second kappa shape index (κ2) is 6.15. The lowest BCUT2D eigenvalue weighted by Gasteiger charge is -2.05. The molecule has 0 aliphatic rings. The molecule has 0 radical (unpaired) electrons. The van der Waals surface area contributed by atoms with Gasteiger partial charge in [-0.05, 0) is 28.1 Å². The molecule has 3 nitrogen and oxygen atoms in total. The highest BCUT2D eigenvalue weighted by Gasteiger charge is 2.05. The highest BCUT2D eigenvalue weighted by Crippen LogP contribution is 2.23. The number of benzene rings is 1. The van der Waals surface area contributed by atoms with E-state index in [1.807, 2.05) is 30.3 Å². The molecule has 3 rings (SSSR count). The number of halogens is 1. The number of rotatable bonds is 4. The number of pyridine rings is 1. The average Bonchev–Trinajstić information content (AvgIpc) is 2.96. The van der Waals surface area contributed by atoms with Gasteiger partial charge in [-0.1, -0.05) is 30.3 Å². The lowest BCUT2D eigenvalue weighted by atomic mass is 10.2. The number of nitrogens with zero attached hydrogens (tertiary/aromatic N) is 2. The largest absolute Gasteiger partial charge is 0.376 e. The average molecular weight is 346 g/mol. The van der Waals surface area contributed by atoms with Crippen molar-refractivity contribution in [1.29, 1.82) is 0 Å². The summed E-state index contributed by atoms with van der Waals surface area (Å²) < 4.78 is 0.819. The Kier molecular flexibility index (Phi) is 4.08. The molecular weight excluding hydrogens is 334 g/mol. The molecule has 20 heavy (non-hydrogen) atoms. The molecule has 0 atom stereocenters. The van der Waals surface area contributed by atoms with Gasteiger partial charge >= 0.3 is 0 Å². The van der Waals surface area contributed by atoms with Crippen LogP contribution in [0.2, 0.25) is 0 Å². The SMILES string of the molecule is Brc1ncccc1NCc1nc(-c2ccccc2)cs1. The quantitative estimate of drug-likeness (QED) is 0.703. The predicted molar refractivity (Wildman–Crippen MR) is 86.8 cm³/mol. The zero-order chi connectivity index (χ0) is 13.8. The van der Waals surface area contributed by atoms with E-state index in [-0.39, 0.29) is 0 Å². The second-order valence-corrected chi connectivity index (χ2v) is 5.88. The van der Waals surface area contributed by atoms with Crippen molar-refractivity contribution in [2.24, 2.45) is 0 Å². The normalized spacial score (nSPS) is 10.4. The number of aromatic nitrogens is 2. The summed E-state index contributed by atoms with van der Waals surface area (Å²) in [4.78, 5) is 8.83. The van der Waals surface area contributed by atoms with Crippen LogP contribution in [0.1, 0.15) is 5.01 Å². The number of thiazole rings is 1. The Balaban J connectivity index is 1.71. The van der Waals surface area contributed by atoms with E-state index in [2.05, 4.69) is 48.7 Å². The molecule has 0 saturated heterocycles. The first-order valence-electron chi connectivity index (χ1n) is 6.17. The fourth-order valence-electron chi connectivity index (χ4n) is 1.82. The van der Waals surface area contributed by atoms with Crippen LogP contribution in [0.25, 0.3) is 11.3 Å². The van der Waals surface area contributed by atoms with Gasteiger partial charge in [0, 0.05) is 17.1 Å². The van der Waals surface area contributed by atoms with Crippen LogP contribution in [0.15, 0.2) is 58.6 Å². The van der Waals surface area contributed by atoms with Gasteiger partial charge in [-0.2, -0.15) is 0 Å². The summed E-state index contributed by atoms with van der Waals surface area (Å²) >= 11 is 5.08. The van der Waals surface area contributed by atoms with Crippen LogP contribution in [-0.2, 0) is 6.54 Å². The van der Waals surface area contributed by atoms with E-state index in [9.17, 15) is 0 Å². The van der Waals surface area contributed by atoms with Crippen molar-refractivity contribution in [2.75, 3.05) is 5.32 Å². The first kappa shape index (κ1) is 13.3. The van der Waals surface area contributed by atoms with E-state index in [1.54, 1.807) is 17.5 Å². The fourth-order valence-corrected chi connectivity index (χ4v) is 2.96. The van der Waals surface area contributed by atoms with Crippen LogP contribution in [0.3, 0.4) is 0 Å². The number of hydrogen-bond donors (Lipinski definition) is 1. The highest BCUT2D eigenvalue weighted by atomic mass is 79.9. The van der Waals surface area contributed by atoms with E-state index < -0.39 is 0 Å². The van der Waals surface area contributed by atoms with Crippen LogP contribution in [0.5, 0.6) is 0 Å². The van der Waals surface area contributed by atoms with Gasteiger partial charge in [-0.25, -0.2) is 9.97 Å². The maximum Gasteiger partial charge on any atom is 0.129 e. The minimum atomic E-state index is 0.696. The molecule has 5 heteroatoms. The standard InChI is InChI=1S/C15H12BrN3S/c16-15-12(7-4-8-17-15)18-9-14-19-13(10-20-14)11-5-2-1-3-6-11/h1-8,10,18H,9H2. The fraction of sp³-hybridized carbons (Fsp3) is 0.0667. The lowest BCUT2D eigenvalue weighted by Crippen LogP contribution is -2.00. The summed E-state index contributed by atoms with van der Waals surface area (Å²) in [6.07, 6.45) is 1.76. The Bertz CT molecular complexity index is 697. The topological polar surface area (TPSA) is 37.8 Å². The van der Waals surface area contributed by atoms with Crippen LogP contribution >= 0.6 is 27.3 Å². The van der Waals surface area contributed by atoms with Crippen molar-refractivity contribution < 1.29 is 0 Å². The molecule has 1 aromatic carbocycles. The molecule has 0 amide bonds. The first-order chi connectivity index (χ1) is 9.83. The third kappa shape index (κ3) is 3.05. The molecule has 0 unspecified atom stereocenters. The minimum absolute atomic E-state index is 0.696. The number of hydrogen-bond acceptors (Lipinski definition) is 4. The zero-order valence-electron chi connectivity index (χ0n) is 10.6. The molecule has 0 aliphatic heterocycles. The van der Waals surface area contributed by atoms with Crippen molar-refractivity contribution in [3.8, 4) is 11.3 Å². The monoisotopic (exact) mass is 345 g/mol. The van der Waals surface area contributed by atoms with E-state index in [0.717, 1.165) is 26.6 Å². The molecule has 2 aromatic heterocycles. The van der Waals surface area contributed by atoms with E-state index in [0.29, 0.717) is 6.54 Å². The lowest BCUT2D eigenvalue weighted by molar-refractivity contribution is 1.09. The molecule has 0 spiro atoms. The van der Waals surface area contributed by atoms with Gasteiger partial charge in [-0.15, -0.1) is 11.3 Å². The van der Waals surface area contributed by atoms with Crippen LogP contribution in [0, 0.1) is 0 Å². The van der Waals surface area contributed by atoms with Crippen molar-refractivity contribution >= 4 is 33.0 Å². The third-order valence-electron chi connectivity index (χ3n) is 2.81. The predicted octanol–water partition coefficient (Wildman–Crippen LogP) is 4.58. The van der Waals surface area contributed by atoms with Gasteiger partial charge < -0.3 is 5.32 Å². The van der Waals surface area contributed by atoms with Gasteiger partial charge in [0.2, 0.25) is 0 Å². The molecule has 0 saturated carbocycles. The Morgan fingerprint density at radius 1 is 1.10 bits per heavy atom. The van der Waals surface area contributed by atoms with E-state index >= 15 is 0 Å². The zero-order valence-corrected chi connectivity index (χ0v) is 13.0. The van der Waals surface area contributed by atoms with Crippen LogP contribution in [-0.4, -0.2) is 9.97 Å². The first-order valence-corrected chi connectivity index (χ1v) is 7.84. The maximum atomic E-state index is 4.65. The number of anilines is 1. The smallest absolute Gasteiger partial charge is 0.129 e. The molecular formula is C15H12BrN3S. The molecule has 0 fully saturated rings. The minimum Gasteiger partial charge on any atom is -0.376 e. The second-order valence-electron chi connectivity index (χ2n) is 4.19. The molecule has 3 aromatic rings. The summed E-state index contributed by atoms with van der Waals surface area (Å²) in [6.45, 7) is 0.696. The van der Waals surface area contributed by atoms with Crippen molar-refractivity contribution in [2.45, 2.75) is 6.54 Å². The van der Waals surface area contributed by atoms with Gasteiger partial charge in [0.15, 0.2) is 0 Å². The summed E-state index contributed by atoms with van der Waals surface area (Å²) in [5, 5.41) is 6.48. The highest BCUT2D eigenvalue weighted by molar-refractivity contribution is 9.10. The van der Waals surface area contributed by atoms with Gasteiger partial charge in [0.25, 0.3) is 0 Å². The van der Waals surface area contributed by atoms with Gasteiger partial charge in [0.1, 0.15) is 9.61 Å².